The van der Waals surface area contributed by atoms with Gasteiger partial charge in [-0.3, -0.25) is 0 Å². The largest absolute Gasteiger partial charge is 0.494 e. The van der Waals surface area contributed by atoms with Crippen LogP contribution in [0.4, 0.5) is 4.39 Å². The molecule has 0 radical (unpaired) electrons. The Balaban J connectivity index is 3.09. The number of carbonyl (C=O) groups excluding carboxylic acids is 1. The average molecular weight is 195 g/mol. The number of benzene rings is 1. The fraction of sp³-hybridized carbons (Fsp3) is 0.300. The zero-order valence-corrected chi connectivity index (χ0v) is 8.00. The Kier molecular flexibility index (Phi) is 3.37. The van der Waals surface area contributed by atoms with Crippen molar-refractivity contribution in [3.63, 3.8) is 0 Å². The Hall–Kier alpha value is -1.67. The zero-order chi connectivity index (χ0) is 10.6. The summed E-state index contributed by atoms with van der Waals surface area (Å²) >= 11 is 0. The molecule has 0 N–H and O–H groups in total. The van der Waals surface area contributed by atoms with E-state index in [2.05, 4.69) is 4.99 Å². The van der Waals surface area contributed by atoms with Crippen LogP contribution in [0.5, 0.6) is 5.75 Å². The lowest BCUT2D eigenvalue weighted by molar-refractivity contribution is 0.384. The Morgan fingerprint density at radius 2 is 2.29 bits per heavy atom. The molecule has 4 heteroatoms. The van der Waals surface area contributed by atoms with Gasteiger partial charge in [-0.25, -0.2) is 14.2 Å². The highest BCUT2D eigenvalue weighted by molar-refractivity contribution is 5.38. The first kappa shape index (κ1) is 10.4. The van der Waals surface area contributed by atoms with E-state index in [9.17, 15) is 9.18 Å². The summed E-state index contributed by atoms with van der Waals surface area (Å²) in [6.45, 7) is 1.83. The molecule has 0 aromatic heterocycles. The highest BCUT2D eigenvalue weighted by Gasteiger charge is 2.07. The van der Waals surface area contributed by atoms with Crippen molar-refractivity contribution in [1.82, 2.24) is 0 Å². The molecule has 0 fully saturated rings. The molecule has 14 heavy (non-hydrogen) atoms. The maximum absolute atomic E-state index is 13.3. The lowest BCUT2D eigenvalue weighted by Gasteiger charge is -2.06. The summed E-state index contributed by atoms with van der Waals surface area (Å²) in [6.07, 6.45) is 1.43. The first-order chi connectivity index (χ1) is 6.69. The lowest BCUT2D eigenvalue weighted by Crippen LogP contribution is -1.94. The predicted molar refractivity (Wildman–Crippen MR) is 49.5 cm³/mol. The molecule has 1 rings (SSSR count). The minimum absolute atomic E-state index is 0.168. The molecule has 0 saturated heterocycles. The number of rotatable bonds is 3. The summed E-state index contributed by atoms with van der Waals surface area (Å²) in [5.41, 5.74) is 1.20. The Bertz CT molecular complexity index is 384. The number of nitrogens with zero attached hydrogens (tertiary/aromatic N) is 1. The van der Waals surface area contributed by atoms with E-state index >= 15 is 0 Å². The molecule has 0 aliphatic heterocycles. The quantitative estimate of drug-likeness (QED) is 0.546. The highest BCUT2D eigenvalue weighted by Crippen LogP contribution is 2.22. The first-order valence-electron chi connectivity index (χ1n) is 4.05. The second kappa shape index (κ2) is 4.53. The molecule has 0 unspecified atom stereocenters. The number of hydrogen-bond donors (Lipinski definition) is 0. The molecule has 0 heterocycles. The molecule has 0 aliphatic carbocycles. The van der Waals surface area contributed by atoms with Gasteiger partial charge in [-0.05, 0) is 24.1 Å². The molecule has 0 atom stereocenters. The van der Waals surface area contributed by atoms with Crippen LogP contribution in [0.25, 0.3) is 0 Å². The van der Waals surface area contributed by atoms with E-state index < -0.39 is 0 Å². The van der Waals surface area contributed by atoms with Crippen molar-refractivity contribution >= 4 is 6.08 Å². The summed E-state index contributed by atoms with van der Waals surface area (Å²) in [4.78, 5) is 13.3. The van der Waals surface area contributed by atoms with E-state index in [0.717, 1.165) is 5.56 Å². The number of isocyanates is 1. The van der Waals surface area contributed by atoms with Crippen LogP contribution in [0.1, 0.15) is 11.1 Å². The Morgan fingerprint density at radius 3 is 2.86 bits per heavy atom. The maximum Gasteiger partial charge on any atom is 0.235 e. The Morgan fingerprint density at radius 1 is 1.57 bits per heavy atom. The molecular weight excluding hydrogens is 185 g/mol. The summed E-state index contributed by atoms with van der Waals surface area (Å²) in [7, 11) is 1.39. The van der Waals surface area contributed by atoms with Gasteiger partial charge in [0.25, 0.3) is 0 Å². The number of methoxy groups -OCH3 is 1. The van der Waals surface area contributed by atoms with Gasteiger partial charge in [0, 0.05) is 0 Å². The van der Waals surface area contributed by atoms with Crippen LogP contribution in [0.2, 0.25) is 0 Å². The smallest absolute Gasteiger partial charge is 0.235 e. The average Bonchev–Trinajstić information content (AvgIpc) is 2.19. The van der Waals surface area contributed by atoms with Crippen LogP contribution in [-0.2, 0) is 11.3 Å². The second-order valence-electron chi connectivity index (χ2n) is 2.84. The van der Waals surface area contributed by atoms with Crippen molar-refractivity contribution in [2.75, 3.05) is 7.11 Å². The van der Waals surface area contributed by atoms with Crippen molar-refractivity contribution in [3.05, 3.63) is 29.1 Å². The van der Waals surface area contributed by atoms with E-state index in [-0.39, 0.29) is 18.1 Å². The molecule has 3 nitrogen and oxygen atoms in total. The summed E-state index contributed by atoms with van der Waals surface area (Å²) < 4.78 is 18.1. The van der Waals surface area contributed by atoms with Crippen LogP contribution in [0.15, 0.2) is 17.1 Å². The van der Waals surface area contributed by atoms with Gasteiger partial charge >= 0.3 is 0 Å². The second-order valence-corrected chi connectivity index (χ2v) is 2.84. The van der Waals surface area contributed by atoms with Crippen LogP contribution in [0, 0.1) is 12.7 Å². The van der Waals surface area contributed by atoms with Crippen molar-refractivity contribution in [1.29, 1.82) is 0 Å². The summed E-state index contributed by atoms with van der Waals surface area (Å²) in [5, 5.41) is 0. The molecule has 0 bridgehead atoms. The van der Waals surface area contributed by atoms with Crippen molar-refractivity contribution < 1.29 is 13.9 Å². The van der Waals surface area contributed by atoms with Gasteiger partial charge in [-0.2, -0.15) is 0 Å². The van der Waals surface area contributed by atoms with Crippen LogP contribution < -0.4 is 4.74 Å². The molecular formula is C10H10FNO2. The number of hydrogen-bond acceptors (Lipinski definition) is 3. The van der Waals surface area contributed by atoms with Gasteiger partial charge in [-0.1, -0.05) is 6.07 Å². The zero-order valence-electron chi connectivity index (χ0n) is 8.00. The number of ether oxygens (including phenoxy) is 1. The van der Waals surface area contributed by atoms with E-state index in [1.54, 1.807) is 13.0 Å². The van der Waals surface area contributed by atoms with Gasteiger partial charge in [0.1, 0.15) is 0 Å². The van der Waals surface area contributed by atoms with Crippen LogP contribution >= 0.6 is 0 Å². The van der Waals surface area contributed by atoms with E-state index in [4.69, 9.17) is 4.74 Å². The minimum atomic E-state index is -0.383. The summed E-state index contributed by atoms with van der Waals surface area (Å²) in [5.74, 6) is -0.215. The van der Waals surface area contributed by atoms with Gasteiger partial charge < -0.3 is 4.74 Å². The van der Waals surface area contributed by atoms with Gasteiger partial charge in [0.2, 0.25) is 6.08 Å². The molecule has 0 saturated carbocycles. The van der Waals surface area contributed by atoms with E-state index in [0.29, 0.717) is 5.56 Å². The van der Waals surface area contributed by atoms with Crippen molar-refractivity contribution in [3.8, 4) is 5.75 Å². The number of aliphatic imine (C=N–C) groups is 1. The normalized spacial score (nSPS) is 9.36. The highest BCUT2D eigenvalue weighted by atomic mass is 19.1. The molecule has 0 aliphatic rings. The maximum atomic E-state index is 13.3. The molecule has 0 spiro atoms. The molecule has 1 aromatic rings. The fourth-order valence-corrected chi connectivity index (χ4v) is 1.17. The van der Waals surface area contributed by atoms with Crippen LogP contribution in [0.3, 0.4) is 0 Å². The van der Waals surface area contributed by atoms with Gasteiger partial charge in [-0.15, -0.1) is 0 Å². The first-order valence-corrected chi connectivity index (χ1v) is 4.05. The van der Waals surface area contributed by atoms with Crippen molar-refractivity contribution in [2.24, 2.45) is 4.99 Å². The third-order valence-corrected chi connectivity index (χ3v) is 1.83. The SMILES string of the molecule is COc1cc(CN=C=O)cc(C)c1F. The topological polar surface area (TPSA) is 38.7 Å². The summed E-state index contributed by atoms with van der Waals surface area (Å²) in [6, 6.07) is 3.14. The van der Waals surface area contributed by atoms with Crippen LogP contribution in [-0.4, -0.2) is 13.2 Å². The lowest BCUT2D eigenvalue weighted by atomic mass is 10.1. The van der Waals surface area contributed by atoms with E-state index in [1.807, 2.05) is 0 Å². The van der Waals surface area contributed by atoms with Crippen molar-refractivity contribution in [2.45, 2.75) is 13.5 Å². The third-order valence-electron chi connectivity index (χ3n) is 1.83. The van der Waals surface area contributed by atoms with Gasteiger partial charge in [0.05, 0.1) is 13.7 Å². The Labute approximate surface area is 81.2 Å². The molecule has 0 amide bonds. The minimum Gasteiger partial charge on any atom is -0.494 e. The standard InChI is InChI=1S/C10H10FNO2/c1-7-3-8(5-12-6-13)4-9(14-2)10(7)11/h3-4H,5H2,1-2H3. The van der Waals surface area contributed by atoms with E-state index in [1.165, 1.54) is 19.3 Å². The van der Waals surface area contributed by atoms with Gasteiger partial charge in [0.15, 0.2) is 11.6 Å². The number of halogens is 1. The predicted octanol–water partition coefficient (Wildman–Crippen LogP) is 1.98. The molecule has 1 aromatic carbocycles. The number of aryl methyl sites for hydroxylation is 1. The monoisotopic (exact) mass is 195 g/mol. The third kappa shape index (κ3) is 2.18. The fourth-order valence-electron chi connectivity index (χ4n) is 1.17. The molecule has 74 valence electrons.